The van der Waals surface area contributed by atoms with Crippen molar-refractivity contribution >= 4 is 23.4 Å². The number of aliphatic carboxylic acids is 2. The number of anilines is 1. The van der Waals surface area contributed by atoms with Crippen LogP contribution >= 0.6 is 0 Å². The molecule has 1 aliphatic rings. The molecule has 3 N–H and O–H groups in total. The second-order valence-corrected chi connectivity index (χ2v) is 4.29. The normalized spacial score (nSPS) is 17.6. The van der Waals surface area contributed by atoms with Crippen molar-refractivity contribution in [1.29, 1.82) is 0 Å². The number of nitrogens with one attached hydrogen (secondary N) is 1. The summed E-state index contributed by atoms with van der Waals surface area (Å²) in [7, 11) is 0. The number of benzene rings is 1. The first kappa shape index (κ1) is 13.8. The lowest BCUT2D eigenvalue weighted by Gasteiger charge is -2.37. The minimum Gasteiger partial charge on any atom is -0.479 e. The molecule has 1 aromatic carbocycles. The number of hydrazine groups is 1. The van der Waals surface area contributed by atoms with Crippen LogP contribution in [0.1, 0.15) is 6.92 Å². The van der Waals surface area contributed by atoms with Gasteiger partial charge in [-0.2, -0.15) is 5.43 Å². The van der Waals surface area contributed by atoms with Gasteiger partial charge in [-0.05, 0) is 19.1 Å². The van der Waals surface area contributed by atoms with Gasteiger partial charge in [0.1, 0.15) is 0 Å². The molecule has 20 heavy (non-hydrogen) atoms. The largest absolute Gasteiger partial charge is 0.479 e. The lowest BCUT2D eigenvalue weighted by Crippen LogP contribution is -2.69. The molecule has 1 aliphatic heterocycles. The van der Waals surface area contributed by atoms with Crippen LogP contribution in [0.5, 0.6) is 0 Å². The Morgan fingerprint density at radius 1 is 1.15 bits per heavy atom. The van der Waals surface area contributed by atoms with Gasteiger partial charge in [-0.25, -0.2) is 9.59 Å². The molecule has 0 unspecified atom stereocenters. The first-order valence-corrected chi connectivity index (χ1v) is 5.72. The molecule has 0 amide bonds. The maximum absolute atomic E-state index is 11.9. The van der Waals surface area contributed by atoms with Crippen molar-refractivity contribution in [1.82, 2.24) is 5.43 Å². The van der Waals surface area contributed by atoms with Crippen LogP contribution in [-0.2, 0) is 14.4 Å². The highest BCUT2D eigenvalue weighted by Gasteiger charge is 2.56. The summed E-state index contributed by atoms with van der Waals surface area (Å²) in [6.07, 6.45) is 1.01. The van der Waals surface area contributed by atoms with E-state index in [4.69, 9.17) is 10.2 Å². The first-order valence-electron chi connectivity index (χ1n) is 5.72. The van der Waals surface area contributed by atoms with Gasteiger partial charge in [0, 0.05) is 11.8 Å². The van der Waals surface area contributed by atoms with Gasteiger partial charge in [0.2, 0.25) is 5.78 Å². The van der Waals surface area contributed by atoms with Gasteiger partial charge in [0.15, 0.2) is 0 Å². The Morgan fingerprint density at radius 3 is 2.20 bits per heavy atom. The average molecular weight is 276 g/mol. The zero-order valence-electron chi connectivity index (χ0n) is 10.5. The molecule has 0 fully saturated rings. The minimum atomic E-state index is -2.71. The van der Waals surface area contributed by atoms with Crippen molar-refractivity contribution in [3.8, 4) is 0 Å². The van der Waals surface area contributed by atoms with E-state index in [1.54, 1.807) is 37.3 Å². The standard InChI is InChI=1S/C13H12N2O5/c1-8-7-10(16)13(11(17)18,12(19)20)14-15(8)9-5-3-2-4-6-9/h2-7,14H,1H3,(H,17,18)(H,19,20). The van der Waals surface area contributed by atoms with Crippen molar-refractivity contribution in [2.75, 3.05) is 5.01 Å². The second-order valence-electron chi connectivity index (χ2n) is 4.29. The molecule has 1 aromatic rings. The van der Waals surface area contributed by atoms with Crippen molar-refractivity contribution in [3.05, 3.63) is 42.1 Å². The van der Waals surface area contributed by atoms with Crippen molar-refractivity contribution in [3.63, 3.8) is 0 Å². The van der Waals surface area contributed by atoms with Crippen molar-refractivity contribution in [2.45, 2.75) is 12.5 Å². The molecule has 0 saturated carbocycles. The molecular weight excluding hydrogens is 264 g/mol. The molecule has 0 aromatic heterocycles. The minimum absolute atomic E-state index is 0.402. The summed E-state index contributed by atoms with van der Waals surface area (Å²) in [6.45, 7) is 1.57. The number of carbonyl (C=O) groups excluding carboxylic acids is 1. The Bertz CT molecular complexity index is 594. The lowest BCUT2D eigenvalue weighted by atomic mass is 9.92. The van der Waals surface area contributed by atoms with E-state index in [-0.39, 0.29) is 0 Å². The Morgan fingerprint density at radius 2 is 1.70 bits per heavy atom. The fraction of sp³-hybridized carbons (Fsp3) is 0.154. The maximum atomic E-state index is 11.9. The summed E-state index contributed by atoms with van der Waals surface area (Å²) in [5, 5.41) is 19.6. The number of carbonyl (C=O) groups is 3. The quantitative estimate of drug-likeness (QED) is 0.685. The number of carboxylic acids is 2. The molecule has 104 valence electrons. The number of hydrogen-bond donors (Lipinski definition) is 3. The Labute approximate surface area is 114 Å². The summed E-state index contributed by atoms with van der Waals surface area (Å²) < 4.78 is 0. The van der Waals surface area contributed by atoms with Crippen LogP contribution in [0.25, 0.3) is 0 Å². The molecule has 0 radical (unpaired) electrons. The molecule has 2 rings (SSSR count). The third kappa shape index (κ3) is 1.94. The van der Waals surface area contributed by atoms with Crippen molar-refractivity contribution < 1.29 is 24.6 Å². The fourth-order valence-electron chi connectivity index (χ4n) is 1.92. The Balaban J connectivity index is 2.54. The number of nitrogens with zero attached hydrogens (tertiary/aromatic N) is 1. The van der Waals surface area contributed by atoms with Gasteiger partial charge in [-0.3, -0.25) is 9.80 Å². The van der Waals surface area contributed by atoms with Crippen LogP contribution in [0.2, 0.25) is 0 Å². The van der Waals surface area contributed by atoms with E-state index in [0.29, 0.717) is 11.4 Å². The Kier molecular flexibility index (Phi) is 3.29. The molecule has 0 aliphatic carbocycles. The van der Waals surface area contributed by atoms with Gasteiger partial charge in [-0.1, -0.05) is 18.2 Å². The first-order chi connectivity index (χ1) is 9.39. The van der Waals surface area contributed by atoms with E-state index in [1.165, 1.54) is 5.01 Å². The highest BCUT2D eigenvalue weighted by atomic mass is 16.4. The zero-order chi connectivity index (χ0) is 14.9. The van der Waals surface area contributed by atoms with Crippen LogP contribution in [0, 0.1) is 0 Å². The molecular formula is C13H12N2O5. The molecule has 0 saturated heterocycles. The number of rotatable bonds is 3. The average Bonchev–Trinajstić information content (AvgIpc) is 2.39. The van der Waals surface area contributed by atoms with Crippen LogP contribution in [0.4, 0.5) is 5.69 Å². The van der Waals surface area contributed by atoms with E-state index < -0.39 is 23.3 Å². The number of para-hydroxylation sites is 1. The molecule has 1 heterocycles. The van der Waals surface area contributed by atoms with E-state index in [2.05, 4.69) is 5.43 Å². The van der Waals surface area contributed by atoms with E-state index in [9.17, 15) is 14.4 Å². The van der Waals surface area contributed by atoms with Gasteiger partial charge in [0.25, 0.3) is 5.54 Å². The SMILES string of the molecule is CC1=CC(=O)C(C(=O)O)(C(=O)O)NN1c1ccccc1. The van der Waals surface area contributed by atoms with Crippen molar-refractivity contribution in [2.24, 2.45) is 0 Å². The summed E-state index contributed by atoms with van der Waals surface area (Å²) in [5.41, 5.74) is 0.516. The summed E-state index contributed by atoms with van der Waals surface area (Å²) in [4.78, 5) is 34.4. The Hall–Kier alpha value is -2.67. The summed E-state index contributed by atoms with van der Waals surface area (Å²) >= 11 is 0. The molecule has 7 nitrogen and oxygen atoms in total. The number of allylic oxidation sites excluding steroid dienone is 1. The van der Waals surface area contributed by atoms with Gasteiger partial charge >= 0.3 is 11.9 Å². The van der Waals surface area contributed by atoms with Gasteiger partial charge in [0.05, 0.1) is 5.69 Å². The van der Waals surface area contributed by atoms with Crippen LogP contribution in [-0.4, -0.2) is 33.5 Å². The molecule has 0 spiro atoms. The molecule has 0 bridgehead atoms. The van der Waals surface area contributed by atoms with E-state index >= 15 is 0 Å². The fourth-order valence-corrected chi connectivity index (χ4v) is 1.92. The number of carboxylic acid groups (broad SMARTS) is 2. The number of hydrogen-bond acceptors (Lipinski definition) is 5. The predicted molar refractivity (Wildman–Crippen MR) is 68.8 cm³/mol. The number of ketones is 1. The smallest absolute Gasteiger partial charge is 0.345 e. The summed E-state index contributed by atoms with van der Waals surface area (Å²) in [6, 6.07) is 8.51. The van der Waals surface area contributed by atoms with Crippen LogP contribution in [0.15, 0.2) is 42.1 Å². The highest BCUT2D eigenvalue weighted by Crippen LogP contribution is 2.24. The van der Waals surface area contributed by atoms with E-state index in [0.717, 1.165) is 6.08 Å². The van der Waals surface area contributed by atoms with E-state index in [1.807, 2.05) is 0 Å². The molecule has 0 atom stereocenters. The predicted octanol–water partition coefficient (Wildman–Crippen LogP) is 0.392. The zero-order valence-corrected chi connectivity index (χ0v) is 10.5. The second kappa shape index (κ2) is 4.78. The summed E-state index contributed by atoms with van der Waals surface area (Å²) in [5.74, 6) is -4.55. The monoisotopic (exact) mass is 276 g/mol. The maximum Gasteiger partial charge on any atom is 0.345 e. The topological polar surface area (TPSA) is 107 Å². The highest BCUT2D eigenvalue weighted by molar-refractivity contribution is 6.28. The van der Waals surface area contributed by atoms with Crippen LogP contribution < -0.4 is 10.4 Å². The van der Waals surface area contributed by atoms with Gasteiger partial charge < -0.3 is 10.2 Å². The van der Waals surface area contributed by atoms with Crippen LogP contribution in [0.3, 0.4) is 0 Å². The molecule has 7 heteroatoms. The lowest BCUT2D eigenvalue weighted by molar-refractivity contribution is -0.161. The third-order valence-corrected chi connectivity index (χ3v) is 3.00. The van der Waals surface area contributed by atoms with Gasteiger partial charge in [-0.15, -0.1) is 0 Å². The third-order valence-electron chi connectivity index (χ3n) is 3.00.